The minimum absolute atomic E-state index is 0.583. The maximum Gasteiger partial charge on any atom is 0.0178 e. The highest BCUT2D eigenvalue weighted by molar-refractivity contribution is 5.64. The quantitative estimate of drug-likeness (QED) is 0.749. The molecule has 0 fully saturated rings. The summed E-state index contributed by atoms with van der Waals surface area (Å²) in [6.45, 7) is 0.583. The van der Waals surface area contributed by atoms with Crippen LogP contribution in [0.3, 0.4) is 0 Å². The minimum atomic E-state index is 0.583. The van der Waals surface area contributed by atoms with Gasteiger partial charge in [-0.3, -0.25) is 0 Å². The molecule has 3 aromatic rings. The number of hydrogen-bond donors (Lipinski definition) is 1. The molecule has 1 heteroatoms. The molecule has 0 amide bonds. The minimum Gasteiger partial charge on any atom is -0.326 e. The SMILES string of the molecule is NCc1cccc(-c2ccc(Cc3ccccc3)cc2)c1. The summed E-state index contributed by atoms with van der Waals surface area (Å²) in [5.74, 6) is 0. The average molecular weight is 273 g/mol. The number of rotatable bonds is 4. The van der Waals surface area contributed by atoms with Crippen molar-refractivity contribution in [2.75, 3.05) is 0 Å². The highest BCUT2D eigenvalue weighted by atomic mass is 14.5. The molecule has 2 N–H and O–H groups in total. The lowest BCUT2D eigenvalue weighted by Gasteiger charge is -2.06. The summed E-state index contributed by atoms with van der Waals surface area (Å²) in [5.41, 5.74) is 12.0. The molecular weight excluding hydrogens is 254 g/mol. The van der Waals surface area contributed by atoms with Crippen molar-refractivity contribution in [3.8, 4) is 11.1 Å². The first-order chi connectivity index (χ1) is 10.3. The molecule has 0 heterocycles. The van der Waals surface area contributed by atoms with Gasteiger partial charge in [0.25, 0.3) is 0 Å². The number of nitrogens with two attached hydrogens (primary N) is 1. The molecule has 1 nitrogen and oxygen atoms in total. The Bertz CT molecular complexity index is 699. The number of benzene rings is 3. The molecule has 0 saturated carbocycles. The Kier molecular flexibility index (Phi) is 4.13. The highest BCUT2D eigenvalue weighted by Gasteiger charge is 2.00. The Hall–Kier alpha value is -2.38. The summed E-state index contributed by atoms with van der Waals surface area (Å²) in [5, 5.41) is 0. The van der Waals surface area contributed by atoms with Gasteiger partial charge in [-0.1, -0.05) is 72.8 Å². The van der Waals surface area contributed by atoms with Crippen molar-refractivity contribution in [1.29, 1.82) is 0 Å². The van der Waals surface area contributed by atoms with Gasteiger partial charge in [-0.2, -0.15) is 0 Å². The largest absolute Gasteiger partial charge is 0.326 e. The van der Waals surface area contributed by atoms with E-state index in [1.165, 1.54) is 27.8 Å². The number of hydrogen-bond acceptors (Lipinski definition) is 1. The molecule has 0 radical (unpaired) electrons. The average Bonchev–Trinajstić information content (AvgIpc) is 2.56. The maximum atomic E-state index is 5.71. The maximum absolute atomic E-state index is 5.71. The van der Waals surface area contributed by atoms with Gasteiger partial charge >= 0.3 is 0 Å². The van der Waals surface area contributed by atoms with E-state index in [1.807, 2.05) is 0 Å². The summed E-state index contributed by atoms with van der Waals surface area (Å²) < 4.78 is 0. The van der Waals surface area contributed by atoms with Gasteiger partial charge < -0.3 is 5.73 Å². The first kappa shape index (κ1) is 13.6. The van der Waals surface area contributed by atoms with E-state index in [0.29, 0.717) is 6.54 Å². The van der Waals surface area contributed by atoms with Crippen LogP contribution in [0.2, 0.25) is 0 Å². The van der Waals surface area contributed by atoms with Gasteiger partial charge in [0.15, 0.2) is 0 Å². The third kappa shape index (κ3) is 3.39. The third-order valence-electron chi connectivity index (χ3n) is 3.70. The normalized spacial score (nSPS) is 10.5. The zero-order chi connectivity index (χ0) is 14.5. The predicted molar refractivity (Wildman–Crippen MR) is 89.0 cm³/mol. The van der Waals surface area contributed by atoms with Gasteiger partial charge in [-0.15, -0.1) is 0 Å². The van der Waals surface area contributed by atoms with Crippen LogP contribution in [0.1, 0.15) is 16.7 Å². The first-order valence-corrected chi connectivity index (χ1v) is 7.27. The van der Waals surface area contributed by atoms with E-state index in [0.717, 1.165) is 6.42 Å². The summed E-state index contributed by atoms with van der Waals surface area (Å²) in [6.07, 6.45) is 0.976. The molecule has 21 heavy (non-hydrogen) atoms. The van der Waals surface area contributed by atoms with Crippen LogP contribution in [0.4, 0.5) is 0 Å². The Balaban J connectivity index is 1.80. The van der Waals surface area contributed by atoms with Gasteiger partial charge in [0.1, 0.15) is 0 Å². The zero-order valence-electron chi connectivity index (χ0n) is 12.0. The molecule has 0 atom stereocenters. The molecule has 104 valence electrons. The Morgan fingerprint density at radius 2 is 1.24 bits per heavy atom. The lowest BCUT2D eigenvalue weighted by atomic mass is 9.99. The molecule has 0 aliphatic heterocycles. The second kappa shape index (κ2) is 6.38. The van der Waals surface area contributed by atoms with Crippen molar-refractivity contribution >= 4 is 0 Å². The fourth-order valence-electron chi connectivity index (χ4n) is 2.52. The molecule has 3 aromatic carbocycles. The van der Waals surface area contributed by atoms with Crippen molar-refractivity contribution in [2.24, 2.45) is 5.73 Å². The van der Waals surface area contributed by atoms with Gasteiger partial charge in [-0.05, 0) is 40.3 Å². The molecular formula is C20H19N. The van der Waals surface area contributed by atoms with E-state index in [1.54, 1.807) is 0 Å². The van der Waals surface area contributed by atoms with E-state index in [2.05, 4.69) is 78.9 Å². The topological polar surface area (TPSA) is 26.0 Å². The summed E-state index contributed by atoms with van der Waals surface area (Å²) in [7, 11) is 0. The fraction of sp³-hybridized carbons (Fsp3) is 0.100. The molecule has 0 bridgehead atoms. The summed E-state index contributed by atoms with van der Waals surface area (Å²) in [4.78, 5) is 0. The van der Waals surface area contributed by atoms with Crippen molar-refractivity contribution < 1.29 is 0 Å². The molecule has 0 aliphatic carbocycles. The molecule has 0 unspecified atom stereocenters. The van der Waals surface area contributed by atoms with Gasteiger partial charge in [0, 0.05) is 6.54 Å². The first-order valence-electron chi connectivity index (χ1n) is 7.27. The second-order valence-electron chi connectivity index (χ2n) is 5.26. The van der Waals surface area contributed by atoms with E-state index >= 15 is 0 Å². The summed E-state index contributed by atoms with van der Waals surface area (Å²) in [6, 6.07) is 27.8. The van der Waals surface area contributed by atoms with E-state index in [9.17, 15) is 0 Å². The van der Waals surface area contributed by atoms with Gasteiger partial charge in [0.2, 0.25) is 0 Å². The van der Waals surface area contributed by atoms with E-state index in [-0.39, 0.29) is 0 Å². The van der Waals surface area contributed by atoms with E-state index in [4.69, 9.17) is 5.73 Å². The molecule has 0 aliphatic rings. The smallest absolute Gasteiger partial charge is 0.0178 e. The second-order valence-corrected chi connectivity index (χ2v) is 5.26. The van der Waals surface area contributed by atoms with Crippen LogP contribution in [0.25, 0.3) is 11.1 Å². The van der Waals surface area contributed by atoms with Crippen LogP contribution in [-0.2, 0) is 13.0 Å². The van der Waals surface area contributed by atoms with Crippen molar-refractivity contribution in [3.05, 3.63) is 95.6 Å². The molecule has 3 rings (SSSR count). The fourth-order valence-corrected chi connectivity index (χ4v) is 2.52. The van der Waals surface area contributed by atoms with Crippen LogP contribution in [-0.4, -0.2) is 0 Å². The zero-order valence-corrected chi connectivity index (χ0v) is 12.0. The molecule has 0 aromatic heterocycles. The van der Waals surface area contributed by atoms with Crippen LogP contribution in [0.15, 0.2) is 78.9 Å². The van der Waals surface area contributed by atoms with E-state index < -0.39 is 0 Å². The lowest BCUT2D eigenvalue weighted by Crippen LogP contribution is -1.95. The highest BCUT2D eigenvalue weighted by Crippen LogP contribution is 2.21. The van der Waals surface area contributed by atoms with Crippen LogP contribution < -0.4 is 5.73 Å². The van der Waals surface area contributed by atoms with Crippen LogP contribution >= 0.6 is 0 Å². The van der Waals surface area contributed by atoms with Crippen molar-refractivity contribution in [3.63, 3.8) is 0 Å². The Morgan fingerprint density at radius 3 is 1.95 bits per heavy atom. The van der Waals surface area contributed by atoms with Gasteiger partial charge in [0.05, 0.1) is 0 Å². The van der Waals surface area contributed by atoms with Crippen molar-refractivity contribution in [2.45, 2.75) is 13.0 Å². The van der Waals surface area contributed by atoms with Crippen LogP contribution in [0, 0.1) is 0 Å². The summed E-state index contributed by atoms with van der Waals surface area (Å²) >= 11 is 0. The standard InChI is InChI=1S/C20H19N/c21-15-18-7-4-8-20(14-18)19-11-9-17(10-12-19)13-16-5-2-1-3-6-16/h1-12,14H,13,15,21H2. The van der Waals surface area contributed by atoms with Gasteiger partial charge in [-0.25, -0.2) is 0 Å². The Labute approximate surface area is 126 Å². The van der Waals surface area contributed by atoms with Crippen molar-refractivity contribution in [1.82, 2.24) is 0 Å². The monoisotopic (exact) mass is 273 g/mol. The Morgan fingerprint density at radius 1 is 0.571 bits per heavy atom. The molecule has 0 spiro atoms. The third-order valence-corrected chi connectivity index (χ3v) is 3.70. The lowest BCUT2D eigenvalue weighted by molar-refractivity contribution is 1.07. The predicted octanol–water partition coefficient (Wildman–Crippen LogP) is 4.40. The van der Waals surface area contributed by atoms with Crippen LogP contribution in [0.5, 0.6) is 0 Å². The molecule has 0 saturated heterocycles.